The van der Waals surface area contributed by atoms with Crippen molar-refractivity contribution in [2.75, 3.05) is 22.9 Å². The molecule has 1 aromatic heterocycles. The molecule has 4 amide bonds. The number of benzene rings is 1. The number of carbonyl (C=O) groups excluding carboxylic acids is 5. The van der Waals surface area contributed by atoms with Gasteiger partial charge < -0.3 is 30.5 Å². The lowest BCUT2D eigenvalue weighted by molar-refractivity contribution is -0.684. The van der Waals surface area contributed by atoms with E-state index in [1.54, 1.807) is 34.0 Å². The van der Waals surface area contributed by atoms with E-state index in [0.29, 0.717) is 30.7 Å². The molecule has 43 heavy (non-hydrogen) atoms. The first-order chi connectivity index (χ1) is 20.5. The molecule has 2 saturated heterocycles. The predicted molar refractivity (Wildman–Crippen MR) is 152 cm³/mol. The summed E-state index contributed by atoms with van der Waals surface area (Å²) >= 11 is 4.32. The van der Waals surface area contributed by atoms with E-state index >= 15 is 0 Å². The number of hydrogen-bond acceptors (Lipinski definition) is 8. The maximum atomic E-state index is 13.5. The van der Waals surface area contributed by atoms with Crippen molar-refractivity contribution in [3.05, 3.63) is 77.0 Å². The number of fused-ring (bicyclic) bond motifs is 1. The molecule has 224 valence electrons. The Morgan fingerprint density at radius 2 is 1.93 bits per heavy atom. The standard InChI is InChI=1S/C28H25BrFN5O7S/c29-11-21(37)32-23-26(40)35-24(28(41)42)17(14-43-27(23)35)9-16-5-8-34(25(16)39)12-15-3-6-33(7-4-15)13-22(38)31-18-1-2-20(36)19(30)10-18/h1-4,6-7,9-10,23,27H,5,8,11-14H2,(H3-,31,32,36,37,38,41,42)/b16-9+/t23-,27-/m1/s1. The van der Waals surface area contributed by atoms with Crippen molar-refractivity contribution in [1.29, 1.82) is 0 Å². The quantitative estimate of drug-likeness (QED) is 0.109. The van der Waals surface area contributed by atoms with Crippen LogP contribution in [0.3, 0.4) is 0 Å². The number of likely N-dealkylation sites (tertiary alicyclic amines) is 1. The number of hydrogen-bond donors (Lipinski definition) is 3. The molecule has 4 heterocycles. The van der Waals surface area contributed by atoms with Crippen molar-refractivity contribution in [2.24, 2.45) is 0 Å². The number of nitrogens with zero attached hydrogens (tertiary/aromatic N) is 3. The van der Waals surface area contributed by atoms with Gasteiger partial charge in [0.25, 0.3) is 11.8 Å². The number of anilines is 1. The predicted octanol–water partition coefficient (Wildman–Crippen LogP) is -0.0850. The topological polar surface area (TPSA) is 163 Å². The van der Waals surface area contributed by atoms with Crippen LogP contribution in [0, 0.1) is 5.82 Å². The molecule has 3 N–H and O–H groups in total. The van der Waals surface area contributed by atoms with Crippen LogP contribution in [0.15, 0.2) is 65.6 Å². The molecule has 15 heteroatoms. The third-order valence-electron chi connectivity index (χ3n) is 7.08. The minimum Gasteiger partial charge on any atom is -0.543 e. The van der Waals surface area contributed by atoms with E-state index < -0.39 is 40.8 Å². The highest BCUT2D eigenvalue weighted by Gasteiger charge is 2.52. The Balaban J connectivity index is 1.21. The van der Waals surface area contributed by atoms with Gasteiger partial charge in [-0.25, -0.2) is 4.39 Å². The monoisotopic (exact) mass is 673 g/mol. The van der Waals surface area contributed by atoms with E-state index in [9.17, 15) is 38.6 Å². The minimum absolute atomic E-state index is 0.0127. The maximum absolute atomic E-state index is 13.5. The van der Waals surface area contributed by atoms with Gasteiger partial charge in [0.15, 0.2) is 24.0 Å². The molecule has 2 atom stereocenters. The van der Waals surface area contributed by atoms with Gasteiger partial charge in [0, 0.05) is 48.3 Å². The lowest BCUT2D eigenvalue weighted by atomic mass is 10.0. The highest BCUT2D eigenvalue weighted by atomic mass is 79.9. The van der Waals surface area contributed by atoms with Crippen LogP contribution < -0.4 is 20.3 Å². The van der Waals surface area contributed by atoms with Crippen LogP contribution in [0.5, 0.6) is 5.75 Å². The zero-order valence-corrected chi connectivity index (χ0v) is 24.8. The summed E-state index contributed by atoms with van der Waals surface area (Å²) < 4.78 is 15.1. The summed E-state index contributed by atoms with van der Waals surface area (Å²) in [4.78, 5) is 64.6. The number of allylic oxidation sites excluding steroid dienone is 1. The number of aromatic hydroxyl groups is 1. The number of carboxylic acids is 1. The van der Waals surface area contributed by atoms with E-state index in [-0.39, 0.29) is 40.8 Å². The van der Waals surface area contributed by atoms with Gasteiger partial charge in [-0.1, -0.05) is 15.9 Å². The summed E-state index contributed by atoms with van der Waals surface area (Å²) in [6.45, 7) is 0.660. The number of halogens is 2. The number of aliphatic carboxylic acids is 1. The summed E-state index contributed by atoms with van der Waals surface area (Å²) in [6, 6.07) is 6.24. The molecule has 3 aliphatic heterocycles. The summed E-state index contributed by atoms with van der Waals surface area (Å²) in [5.74, 6) is -4.25. The van der Waals surface area contributed by atoms with E-state index in [4.69, 9.17) is 0 Å². The van der Waals surface area contributed by atoms with Crippen molar-refractivity contribution in [2.45, 2.75) is 30.9 Å². The van der Waals surface area contributed by atoms with E-state index in [2.05, 4.69) is 26.6 Å². The number of β-lactam (4-membered cyclic amide) rings is 1. The number of phenols is 1. The molecule has 0 aliphatic carbocycles. The molecule has 0 unspecified atom stereocenters. The molecule has 0 radical (unpaired) electrons. The second-order valence-electron chi connectivity index (χ2n) is 9.99. The molecule has 2 fully saturated rings. The molecule has 2 aromatic rings. The number of pyridine rings is 1. The molecule has 5 rings (SSSR count). The first kappa shape index (κ1) is 30.2. The maximum Gasteiger partial charge on any atom is 0.290 e. The molecule has 0 spiro atoms. The van der Waals surface area contributed by atoms with Crippen molar-refractivity contribution in [1.82, 2.24) is 15.1 Å². The number of carboxylic acid groups (broad SMARTS) is 1. The summed E-state index contributed by atoms with van der Waals surface area (Å²) in [5.41, 5.74) is 1.45. The second-order valence-corrected chi connectivity index (χ2v) is 11.7. The summed E-state index contributed by atoms with van der Waals surface area (Å²) in [5, 5.41) is 25.9. The normalized spacial score (nSPS) is 20.7. The van der Waals surface area contributed by atoms with Gasteiger partial charge in [0.05, 0.1) is 17.0 Å². The van der Waals surface area contributed by atoms with E-state index in [1.165, 1.54) is 23.9 Å². The first-order valence-electron chi connectivity index (χ1n) is 13.1. The zero-order valence-electron chi connectivity index (χ0n) is 22.4. The second kappa shape index (κ2) is 12.6. The van der Waals surface area contributed by atoms with Crippen LogP contribution in [-0.2, 0) is 37.1 Å². The van der Waals surface area contributed by atoms with Gasteiger partial charge in [-0.2, -0.15) is 4.57 Å². The number of rotatable bonds is 9. The van der Waals surface area contributed by atoms with Gasteiger partial charge in [-0.3, -0.25) is 24.1 Å². The number of nitrogens with one attached hydrogen (secondary N) is 2. The van der Waals surface area contributed by atoms with Crippen molar-refractivity contribution < 1.29 is 43.1 Å². The molecular formula is C28H25BrFN5O7S. The van der Waals surface area contributed by atoms with Crippen molar-refractivity contribution in [3.63, 3.8) is 0 Å². The molecular weight excluding hydrogens is 649 g/mol. The molecule has 12 nitrogen and oxygen atoms in total. The van der Waals surface area contributed by atoms with Crippen molar-refractivity contribution in [3.8, 4) is 5.75 Å². The fourth-order valence-corrected chi connectivity index (χ4v) is 6.46. The smallest absolute Gasteiger partial charge is 0.290 e. The highest BCUT2D eigenvalue weighted by molar-refractivity contribution is 9.09. The summed E-state index contributed by atoms with van der Waals surface area (Å²) in [7, 11) is 0. The number of phenolic OH excluding ortho intramolecular Hbond substituents is 1. The van der Waals surface area contributed by atoms with Crippen LogP contribution in [0.2, 0.25) is 0 Å². The van der Waals surface area contributed by atoms with E-state index in [1.807, 2.05) is 0 Å². The molecule has 1 aromatic carbocycles. The van der Waals surface area contributed by atoms with Crippen LogP contribution in [0.1, 0.15) is 12.0 Å². The average Bonchev–Trinajstić information content (AvgIpc) is 3.32. The molecule has 0 bridgehead atoms. The zero-order chi connectivity index (χ0) is 30.8. The SMILES string of the molecule is O=C(C[n+]1ccc(CN2CC/C(=C\C3=C(C(=O)[O-])N4C(=O)[C@@H](NC(=O)CBr)[C@H]4SC3)C2=O)cc1)Nc1ccc(O)c(F)c1. The number of carbonyl (C=O) groups is 5. The largest absolute Gasteiger partial charge is 0.543 e. The van der Waals surface area contributed by atoms with Crippen molar-refractivity contribution >= 4 is 63.0 Å². The fraction of sp³-hybridized carbons (Fsp3) is 0.286. The lowest BCUT2D eigenvalue weighted by Crippen LogP contribution is -2.71. The Morgan fingerprint density at radius 1 is 1.19 bits per heavy atom. The third-order valence-corrected chi connectivity index (χ3v) is 8.89. The Bertz CT molecular complexity index is 1580. The van der Waals surface area contributed by atoms with E-state index in [0.717, 1.165) is 22.6 Å². The van der Waals surface area contributed by atoms with Crippen LogP contribution in [-0.4, -0.2) is 73.5 Å². The van der Waals surface area contributed by atoms with Gasteiger partial charge in [-0.05, 0) is 35.8 Å². The summed E-state index contributed by atoms with van der Waals surface area (Å²) in [6.07, 6.45) is 5.26. The number of alkyl halides is 1. The number of amides is 4. The minimum atomic E-state index is -1.53. The first-order valence-corrected chi connectivity index (χ1v) is 15.2. The Morgan fingerprint density at radius 3 is 2.60 bits per heavy atom. The van der Waals surface area contributed by atoms with Gasteiger partial charge in [-0.15, -0.1) is 11.8 Å². The Labute approximate surface area is 257 Å². The van der Waals surface area contributed by atoms with Crippen LogP contribution >= 0.6 is 27.7 Å². The Kier molecular flexibility index (Phi) is 8.82. The van der Waals surface area contributed by atoms with Gasteiger partial charge in [0.1, 0.15) is 11.4 Å². The van der Waals surface area contributed by atoms with Gasteiger partial charge >= 0.3 is 0 Å². The Hall–Kier alpha value is -4.24. The third kappa shape index (κ3) is 6.41. The van der Waals surface area contributed by atoms with Crippen LogP contribution in [0.4, 0.5) is 10.1 Å². The van der Waals surface area contributed by atoms with Gasteiger partial charge in [0.2, 0.25) is 18.4 Å². The molecule has 0 saturated carbocycles. The molecule has 3 aliphatic rings. The average molecular weight is 675 g/mol. The van der Waals surface area contributed by atoms with Crippen LogP contribution in [0.25, 0.3) is 0 Å². The lowest BCUT2D eigenvalue weighted by Gasteiger charge is -2.50. The number of thioether (sulfide) groups is 1. The highest BCUT2D eigenvalue weighted by Crippen LogP contribution is 2.41. The fourth-order valence-electron chi connectivity index (χ4n) is 4.99. The number of aromatic nitrogens is 1.